The average Bonchev–Trinajstić information content (AvgIpc) is 2.82. The number of nitrogens with one attached hydrogen (secondary N) is 1. The van der Waals surface area contributed by atoms with Gasteiger partial charge in [0.2, 0.25) is 0 Å². The van der Waals surface area contributed by atoms with Gasteiger partial charge in [-0.15, -0.1) is 0 Å². The van der Waals surface area contributed by atoms with Gasteiger partial charge in [-0.1, -0.05) is 30.3 Å². The van der Waals surface area contributed by atoms with Gasteiger partial charge in [-0.3, -0.25) is 0 Å². The number of anilines is 2. The average molecular weight is 265 g/mol. The molecule has 0 aliphatic carbocycles. The molecule has 0 unspecified atom stereocenters. The Morgan fingerprint density at radius 3 is 2.70 bits per heavy atom. The summed E-state index contributed by atoms with van der Waals surface area (Å²) in [6, 6.07) is 14.4. The van der Waals surface area contributed by atoms with Crippen molar-refractivity contribution in [1.82, 2.24) is 4.98 Å². The fraction of sp³-hybridized carbons (Fsp3) is 0.176. The lowest BCUT2D eigenvalue weighted by molar-refractivity contribution is 0.925. The van der Waals surface area contributed by atoms with E-state index in [1.807, 2.05) is 18.2 Å². The number of fused-ring (bicyclic) bond motifs is 1. The number of nitrogen functional groups attached to an aromatic ring is 1. The molecule has 0 atom stereocenters. The minimum Gasteiger partial charge on any atom is -0.397 e. The van der Waals surface area contributed by atoms with Crippen molar-refractivity contribution < 1.29 is 0 Å². The van der Waals surface area contributed by atoms with Crippen LogP contribution in [-0.4, -0.2) is 12.0 Å². The van der Waals surface area contributed by atoms with Crippen molar-refractivity contribution in [2.75, 3.05) is 17.7 Å². The third-order valence-corrected chi connectivity index (χ3v) is 3.73. The smallest absolute Gasteiger partial charge is 0.0630 e. The van der Waals surface area contributed by atoms with Gasteiger partial charge in [0.25, 0.3) is 0 Å². The molecule has 0 spiro atoms. The van der Waals surface area contributed by atoms with Crippen molar-refractivity contribution >= 4 is 22.3 Å². The molecule has 102 valence electrons. The first kappa shape index (κ1) is 12.6. The number of hydrogen-bond donors (Lipinski definition) is 2. The lowest BCUT2D eigenvalue weighted by atomic mass is 10.1. The number of nitrogens with zero attached hydrogens (tertiary/aromatic N) is 1. The number of aromatic nitrogens is 1. The third-order valence-electron chi connectivity index (χ3n) is 3.73. The van der Waals surface area contributed by atoms with Gasteiger partial charge in [-0.05, 0) is 30.2 Å². The summed E-state index contributed by atoms with van der Waals surface area (Å²) in [5.41, 5.74) is 11.7. The van der Waals surface area contributed by atoms with Gasteiger partial charge in [0.05, 0.1) is 11.4 Å². The molecular formula is C17H19N3. The SMILES string of the molecule is Cc1cccc(N)c1N(C)Cc1c[nH]c2ccccc12. The number of aryl methyl sites for hydroxylation is 1. The van der Waals surface area contributed by atoms with Crippen LogP contribution in [0.3, 0.4) is 0 Å². The number of H-pyrrole nitrogens is 1. The topological polar surface area (TPSA) is 45.0 Å². The van der Waals surface area contributed by atoms with Crippen LogP contribution < -0.4 is 10.6 Å². The van der Waals surface area contributed by atoms with Crippen LogP contribution in [0.25, 0.3) is 10.9 Å². The van der Waals surface area contributed by atoms with Gasteiger partial charge in [0.1, 0.15) is 0 Å². The van der Waals surface area contributed by atoms with Crippen LogP contribution in [0.15, 0.2) is 48.7 Å². The minimum absolute atomic E-state index is 0.826. The Morgan fingerprint density at radius 1 is 1.10 bits per heavy atom. The van der Waals surface area contributed by atoms with Crippen LogP contribution in [0.5, 0.6) is 0 Å². The van der Waals surface area contributed by atoms with Gasteiger partial charge < -0.3 is 15.6 Å². The molecule has 2 aromatic carbocycles. The van der Waals surface area contributed by atoms with Crippen molar-refractivity contribution in [2.45, 2.75) is 13.5 Å². The Kier molecular flexibility index (Phi) is 3.11. The molecular weight excluding hydrogens is 246 g/mol. The normalized spacial score (nSPS) is 10.9. The monoisotopic (exact) mass is 265 g/mol. The first-order valence-corrected chi connectivity index (χ1v) is 6.78. The van der Waals surface area contributed by atoms with Crippen molar-refractivity contribution in [2.24, 2.45) is 0 Å². The van der Waals surface area contributed by atoms with E-state index in [1.165, 1.54) is 22.0 Å². The minimum atomic E-state index is 0.826. The van der Waals surface area contributed by atoms with Crippen LogP contribution in [0.4, 0.5) is 11.4 Å². The Balaban J connectivity index is 1.95. The number of para-hydroxylation sites is 2. The predicted molar refractivity (Wildman–Crippen MR) is 86.0 cm³/mol. The zero-order chi connectivity index (χ0) is 14.1. The summed E-state index contributed by atoms with van der Waals surface area (Å²) in [4.78, 5) is 5.52. The molecule has 3 rings (SSSR count). The summed E-state index contributed by atoms with van der Waals surface area (Å²) in [5, 5.41) is 1.27. The first-order chi connectivity index (χ1) is 9.66. The Bertz CT molecular complexity index is 723. The van der Waals surface area contributed by atoms with Gasteiger partial charge >= 0.3 is 0 Å². The second-order valence-electron chi connectivity index (χ2n) is 5.23. The first-order valence-electron chi connectivity index (χ1n) is 6.78. The maximum Gasteiger partial charge on any atom is 0.0630 e. The van der Waals surface area contributed by atoms with E-state index < -0.39 is 0 Å². The van der Waals surface area contributed by atoms with E-state index in [1.54, 1.807) is 0 Å². The van der Waals surface area contributed by atoms with Crippen LogP contribution in [0.1, 0.15) is 11.1 Å². The van der Waals surface area contributed by atoms with E-state index in [-0.39, 0.29) is 0 Å². The number of hydrogen-bond acceptors (Lipinski definition) is 2. The molecule has 1 aromatic heterocycles. The molecule has 0 aliphatic heterocycles. The number of aromatic amines is 1. The molecule has 3 nitrogen and oxygen atoms in total. The number of nitrogens with two attached hydrogens (primary N) is 1. The molecule has 1 heterocycles. The van der Waals surface area contributed by atoms with E-state index in [0.717, 1.165) is 17.9 Å². The van der Waals surface area contributed by atoms with E-state index >= 15 is 0 Å². The molecule has 0 radical (unpaired) electrons. The molecule has 3 aromatic rings. The third kappa shape index (κ3) is 2.11. The molecule has 0 saturated carbocycles. The van der Waals surface area contributed by atoms with Gasteiger partial charge in [-0.25, -0.2) is 0 Å². The van der Waals surface area contributed by atoms with Crippen LogP contribution in [-0.2, 0) is 6.54 Å². The molecule has 0 amide bonds. The van der Waals surface area contributed by atoms with E-state index in [0.29, 0.717) is 0 Å². The molecule has 0 bridgehead atoms. The Labute approximate surface area is 119 Å². The van der Waals surface area contributed by atoms with Gasteiger partial charge in [-0.2, -0.15) is 0 Å². The Morgan fingerprint density at radius 2 is 1.90 bits per heavy atom. The maximum atomic E-state index is 6.11. The van der Waals surface area contributed by atoms with Crippen LogP contribution >= 0.6 is 0 Å². The molecule has 20 heavy (non-hydrogen) atoms. The largest absolute Gasteiger partial charge is 0.397 e. The quantitative estimate of drug-likeness (QED) is 0.709. The zero-order valence-corrected chi connectivity index (χ0v) is 11.9. The van der Waals surface area contributed by atoms with Crippen molar-refractivity contribution in [1.29, 1.82) is 0 Å². The van der Waals surface area contributed by atoms with Crippen molar-refractivity contribution in [3.8, 4) is 0 Å². The molecule has 0 fully saturated rings. The Hall–Kier alpha value is -2.42. The maximum absolute atomic E-state index is 6.11. The number of benzene rings is 2. The number of rotatable bonds is 3. The highest BCUT2D eigenvalue weighted by Crippen LogP contribution is 2.28. The molecule has 3 N–H and O–H groups in total. The second-order valence-corrected chi connectivity index (χ2v) is 5.23. The summed E-state index contributed by atoms with van der Waals surface area (Å²) >= 11 is 0. The van der Waals surface area contributed by atoms with Crippen LogP contribution in [0.2, 0.25) is 0 Å². The zero-order valence-electron chi connectivity index (χ0n) is 11.9. The summed E-state index contributed by atoms with van der Waals surface area (Å²) in [6.45, 7) is 2.93. The highest BCUT2D eigenvalue weighted by Gasteiger charge is 2.11. The highest BCUT2D eigenvalue weighted by molar-refractivity contribution is 5.83. The van der Waals surface area contributed by atoms with Crippen LogP contribution in [0, 0.1) is 6.92 Å². The molecule has 3 heteroatoms. The molecule has 0 aliphatic rings. The summed E-state index contributed by atoms with van der Waals surface area (Å²) < 4.78 is 0. The van der Waals surface area contributed by atoms with Gasteiger partial charge in [0, 0.05) is 30.7 Å². The highest BCUT2D eigenvalue weighted by atomic mass is 15.1. The van der Waals surface area contributed by atoms with E-state index in [4.69, 9.17) is 5.73 Å². The lowest BCUT2D eigenvalue weighted by Gasteiger charge is -2.23. The van der Waals surface area contributed by atoms with Crippen molar-refractivity contribution in [3.05, 3.63) is 59.8 Å². The van der Waals surface area contributed by atoms with Crippen molar-refractivity contribution in [3.63, 3.8) is 0 Å². The van der Waals surface area contributed by atoms with Gasteiger partial charge in [0.15, 0.2) is 0 Å². The summed E-state index contributed by atoms with van der Waals surface area (Å²) in [5.74, 6) is 0. The molecule has 0 saturated heterocycles. The predicted octanol–water partition coefficient (Wildman–Crippen LogP) is 3.69. The summed E-state index contributed by atoms with van der Waals surface area (Å²) in [6.07, 6.45) is 2.08. The standard InChI is InChI=1S/C17H19N3/c1-12-6-5-8-15(18)17(12)20(2)11-13-10-19-16-9-4-3-7-14(13)16/h3-10,19H,11,18H2,1-2H3. The van der Waals surface area contributed by atoms with E-state index in [2.05, 4.69) is 54.3 Å². The fourth-order valence-electron chi connectivity index (χ4n) is 2.80. The lowest BCUT2D eigenvalue weighted by Crippen LogP contribution is -2.18. The second kappa shape index (κ2) is 4.93. The summed E-state index contributed by atoms with van der Waals surface area (Å²) in [7, 11) is 2.08. The fourth-order valence-corrected chi connectivity index (χ4v) is 2.80. The van der Waals surface area contributed by atoms with E-state index in [9.17, 15) is 0 Å².